The van der Waals surface area contributed by atoms with Crippen molar-refractivity contribution in [3.8, 4) is 10.8 Å². The van der Waals surface area contributed by atoms with Crippen molar-refractivity contribution in [1.29, 1.82) is 0 Å². The zero-order valence-electron chi connectivity index (χ0n) is 10.0. The van der Waals surface area contributed by atoms with Crippen molar-refractivity contribution in [2.24, 2.45) is 0 Å². The second kappa shape index (κ2) is 4.74. The van der Waals surface area contributed by atoms with Gasteiger partial charge in [0, 0.05) is 0 Å². The molecule has 0 saturated heterocycles. The Morgan fingerprint density at radius 2 is 2.33 bits per heavy atom. The Labute approximate surface area is 112 Å². The van der Waals surface area contributed by atoms with Gasteiger partial charge in [0.2, 0.25) is 4.96 Å². The molecule has 0 aromatic carbocycles. The summed E-state index contributed by atoms with van der Waals surface area (Å²) in [6.07, 6.45) is 1.65. The molecule has 0 N–H and O–H groups in total. The van der Waals surface area contributed by atoms with Gasteiger partial charge < -0.3 is 4.42 Å². The standard InChI is InChI=1S/C11H12N4OS2/c1-7(2)17-6-9-12-13-11-15(9)14-10(18-11)8-4-3-5-16-8/h3-5,7H,6H2,1-2H3. The quantitative estimate of drug-likeness (QED) is 0.735. The summed E-state index contributed by atoms with van der Waals surface area (Å²) in [4.78, 5) is 0.806. The zero-order valence-corrected chi connectivity index (χ0v) is 11.7. The monoisotopic (exact) mass is 280 g/mol. The maximum atomic E-state index is 5.34. The normalized spacial score (nSPS) is 11.7. The molecule has 3 aromatic heterocycles. The molecule has 0 aliphatic carbocycles. The van der Waals surface area contributed by atoms with E-state index < -0.39 is 0 Å². The topological polar surface area (TPSA) is 56.2 Å². The van der Waals surface area contributed by atoms with Gasteiger partial charge in [0.25, 0.3) is 0 Å². The van der Waals surface area contributed by atoms with E-state index in [9.17, 15) is 0 Å². The Bertz CT molecular complexity index is 641. The SMILES string of the molecule is CC(C)SCc1nnc2sc(-c3ccco3)nn12. The molecule has 0 atom stereocenters. The maximum Gasteiger partial charge on any atom is 0.235 e. The third-order valence-electron chi connectivity index (χ3n) is 2.33. The fraction of sp³-hybridized carbons (Fsp3) is 0.364. The van der Waals surface area contributed by atoms with Crippen LogP contribution in [0, 0.1) is 0 Å². The van der Waals surface area contributed by atoms with Gasteiger partial charge in [-0.05, 0) is 17.4 Å². The molecule has 94 valence electrons. The summed E-state index contributed by atoms with van der Waals surface area (Å²) >= 11 is 3.31. The Morgan fingerprint density at radius 3 is 3.06 bits per heavy atom. The van der Waals surface area contributed by atoms with Crippen LogP contribution in [0.4, 0.5) is 0 Å². The summed E-state index contributed by atoms with van der Waals surface area (Å²) in [6, 6.07) is 3.75. The van der Waals surface area contributed by atoms with E-state index >= 15 is 0 Å². The largest absolute Gasteiger partial charge is 0.462 e. The van der Waals surface area contributed by atoms with Crippen molar-refractivity contribution in [2.45, 2.75) is 24.9 Å². The van der Waals surface area contributed by atoms with Gasteiger partial charge in [0.1, 0.15) is 0 Å². The molecule has 3 rings (SSSR count). The molecule has 0 aliphatic heterocycles. The highest BCUT2D eigenvalue weighted by Crippen LogP contribution is 2.26. The number of hydrogen-bond donors (Lipinski definition) is 0. The van der Waals surface area contributed by atoms with Crippen LogP contribution in [0.15, 0.2) is 22.8 Å². The lowest BCUT2D eigenvalue weighted by Crippen LogP contribution is -1.96. The number of thioether (sulfide) groups is 1. The minimum absolute atomic E-state index is 0.570. The fourth-order valence-corrected chi connectivity index (χ4v) is 2.98. The van der Waals surface area contributed by atoms with Crippen molar-refractivity contribution in [3.63, 3.8) is 0 Å². The molecule has 0 fully saturated rings. The predicted molar refractivity (Wildman–Crippen MR) is 72.8 cm³/mol. The van der Waals surface area contributed by atoms with E-state index in [1.165, 1.54) is 11.3 Å². The molecule has 3 aromatic rings. The minimum Gasteiger partial charge on any atom is -0.462 e. The second-order valence-electron chi connectivity index (χ2n) is 4.05. The van der Waals surface area contributed by atoms with E-state index in [4.69, 9.17) is 4.42 Å². The van der Waals surface area contributed by atoms with Crippen molar-refractivity contribution >= 4 is 28.1 Å². The van der Waals surface area contributed by atoms with Gasteiger partial charge >= 0.3 is 0 Å². The molecule has 18 heavy (non-hydrogen) atoms. The molecule has 0 radical (unpaired) electrons. The summed E-state index contributed by atoms with van der Waals surface area (Å²) in [6.45, 7) is 4.33. The summed E-state index contributed by atoms with van der Waals surface area (Å²) in [5.41, 5.74) is 0. The molecular formula is C11H12N4OS2. The average molecular weight is 280 g/mol. The molecule has 3 heterocycles. The molecule has 5 nitrogen and oxygen atoms in total. The van der Waals surface area contributed by atoms with Crippen LogP contribution >= 0.6 is 23.1 Å². The van der Waals surface area contributed by atoms with E-state index in [0.29, 0.717) is 5.25 Å². The Morgan fingerprint density at radius 1 is 1.44 bits per heavy atom. The summed E-state index contributed by atoms with van der Waals surface area (Å²) < 4.78 is 7.14. The van der Waals surface area contributed by atoms with Crippen LogP contribution in [0.1, 0.15) is 19.7 Å². The van der Waals surface area contributed by atoms with Crippen LogP contribution in [-0.4, -0.2) is 25.1 Å². The highest BCUT2D eigenvalue weighted by atomic mass is 32.2. The lowest BCUT2D eigenvalue weighted by atomic mass is 10.5. The van der Waals surface area contributed by atoms with Crippen molar-refractivity contribution in [2.75, 3.05) is 0 Å². The van der Waals surface area contributed by atoms with Crippen molar-refractivity contribution in [3.05, 3.63) is 24.2 Å². The van der Waals surface area contributed by atoms with Crippen LogP contribution in [-0.2, 0) is 5.75 Å². The zero-order chi connectivity index (χ0) is 12.5. The van der Waals surface area contributed by atoms with E-state index in [-0.39, 0.29) is 0 Å². The highest BCUT2D eigenvalue weighted by molar-refractivity contribution is 7.99. The van der Waals surface area contributed by atoms with Crippen molar-refractivity contribution < 1.29 is 4.42 Å². The number of aromatic nitrogens is 4. The van der Waals surface area contributed by atoms with Crippen LogP contribution in [0.25, 0.3) is 15.7 Å². The first-order valence-electron chi connectivity index (χ1n) is 5.60. The number of rotatable bonds is 4. The maximum absolute atomic E-state index is 5.34. The Balaban J connectivity index is 1.93. The van der Waals surface area contributed by atoms with Crippen molar-refractivity contribution in [1.82, 2.24) is 19.8 Å². The lowest BCUT2D eigenvalue weighted by Gasteiger charge is -2.00. The molecule has 0 saturated carbocycles. The molecule has 0 amide bonds. The summed E-state index contributed by atoms with van der Waals surface area (Å²) in [7, 11) is 0. The third kappa shape index (κ3) is 2.15. The van der Waals surface area contributed by atoms with E-state index in [1.807, 2.05) is 23.9 Å². The number of furan rings is 1. The predicted octanol–water partition coefficient (Wildman–Crippen LogP) is 3.09. The van der Waals surface area contributed by atoms with Gasteiger partial charge in [-0.1, -0.05) is 25.2 Å². The van der Waals surface area contributed by atoms with Gasteiger partial charge in [-0.25, -0.2) is 0 Å². The minimum atomic E-state index is 0.570. The first kappa shape index (κ1) is 11.7. The van der Waals surface area contributed by atoms with E-state index in [2.05, 4.69) is 29.1 Å². The molecular weight excluding hydrogens is 268 g/mol. The second-order valence-corrected chi connectivity index (χ2v) is 6.58. The lowest BCUT2D eigenvalue weighted by molar-refractivity contribution is 0.580. The van der Waals surface area contributed by atoms with Gasteiger partial charge in [0.05, 0.1) is 12.0 Å². The summed E-state index contributed by atoms with van der Waals surface area (Å²) in [5.74, 6) is 2.48. The van der Waals surface area contributed by atoms with Gasteiger partial charge in [-0.2, -0.15) is 16.3 Å². The third-order valence-corrected chi connectivity index (χ3v) is 4.34. The fourth-order valence-electron chi connectivity index (χ4n) is 1.49. The number of hydrogen-bond acceptors (Lipinski definition) is 6. The van der Waals surface area contributed by atoms with Crippen LogP contribution in [0.5, 0.6) is 0 Å². The summed E-state index contributed by atoms with van der Waals surface area (Å²) in [5, 5.41) is 14.2. The van der Waals surface area contributed by atoms with Gasteiger partial charge in [-0.3, -0.25) is 0 Å². The molecule has 0 spiro atoms. The molecule has 0 unspecified atom stereocenters. The van der Waals surface area contributed by atoms with Crippen LogP contribution in [0.3, 0.4) is 0 Å². The highest BCUT2D eigenvalue weighted by Gasteiger charge is 2.14. The van der Waals surface area contributed by atoms with Crippen LogP contribution < -0.4 is 0 Å². The Hall–Kier alpha value is -1.34. The number of fused-ring (bicyclic) bond motifs is 1. The van der Waals surface area contributed by atoms with Gasteiger partial charge in [0.15, 0.2) is 16.6 Å². The van der Waals surface area contributed by atoms with Gasteiger partial charge in [-0.15, -0.1) is 15.3 Å². The molecule has 0 bridgehead atoms. The first-order chi connectivity index (χ1) is 8.74. The van der Waals surface area contributed by atoms with Crippen LogP contribution in [0.2, 0.25) is 0 Å². The molecule has 7 heteroatoms. The van der Waals surface area contributed by atoms with E-state index in [0.717, 1.165) is 27.3 Å². The Kier molecular flexibility index (Phi) is 3.09. The van der Waals surface area contributed by atoms with E-state index in [1.54, 1.807) is 10.8 Å². The first-order valence-corrected chi connectivity index (χ1v) is 7.47. The average Bonchev–Trinajstić information content (AvgIpc) is 3.02. The number of nitrogens with zero attached hydrogens (tertiary/aromatic N) is 4. The smallest absolute Gasteiger partial charge is 0.235 e. The molecule has 0 aliphatic rings.